The van der Waals surface area contributed by atoms with Crippen LogP contribution in [0.5, 0.6) is 0 Å². The Morgan fingerprint density at radius 1 is 1.47 bits per heavy atom. The zero-order valence-corrected chi connectivity index (χ0v) is 13.7. The molecule has 1 aromatic heterocycles. The van der Waals surface area contributed by atoms with E-state index in [1.165, 1.54) is 0 Å². The van der Waals surface area contributed by atoms with Crippen LogP contribution in [0.1, 0.15) is 32.0 Å². The van der Waals surface area contributed by atoms with Gasteiger partial charge in [0.1, 0.15) is 0 Å². The number of rotatable bonds is 9. The SMILES string of the molecule is CCOC(CC)C(NC)c1c(Br)cnn1CCOC. The molecular formula is C13H24BrN3O2. The van der Waals surface area contributed by atoms with Crippen molar-refractivity contribution in [2.24, 2.45) is 0 Å². The Morgan fingerprint density at radius 2 is 2.21 bits per heavy atom. The molecule has 1 heterocycles. The first-order chi connectivity index (χ1) is 9.19. The molecule has 0 amide bonds. The standard InChI is InChI=1S/C13H24BrN3O2/c1-5-11(19-6-2)12(15-3)13-10(14)9-16-17(13)7-8-18-4/h9,11-12,15H,5-8H2,1-4H3. The number of halogens is 1. The Balaban J connectivity index is 2.98. The van der Waals surface area contributed by atoms with Crippen molar-refractivity contribution in [3.63, 3.8) is 0 Å². The number of aromatic nitrogens is 2. The molecule has 0 saturated carbocycles. The fourth-order valence-corrected chi connectivity index (χ4v) is 2.74. The van der Waals surface area contributed by atoms with E-state index in [-0.39, 0.29) is 12.1 Å². The van der Waals surface area contributed by atoms with E-state index in [4.69, 9.17) is 9.47 Å². The van der Waals surface area contributed by atoms with Crippen molar-refractivity contribution in [3.8, 4) is 0 Å². The molecule has 0 bridgehead atoms. The second-order valence-corrected chi connectivity index (χ2v) is 5.12. The van der Waals surface area contributed by atoms with Crippen molar-refractivity contribution >= 4 is 15.9 Å². The molecule has 6 heteroatoms. The van der Waals surface area contributed by atoms with Crippen LogP contribution in [-0.4, -0.2) is 43.3 Å². The lowest BCUT2D eigenvalue weighted by Gasteiger charge is -2.27. The van der Waals surface area contributed by atoms with E-state index in [0.29, 0.717) is 13.2 Å². The van der Waals surface area contributed by atoms with Crippen molar-refractivity contribution in [1.82, 2.24) is 15.1 Å². The summed E-state index contributed by atoms with van der Waals surface area (Å²) in [5.74, 6) is 0. The maximum atomic E-state index is 5.83. The molecule has 0 aliphatic rings. The van der Waals surface area contributed by atoms with E-state index < -0.39 is 0 Å². The van der Waals surface area contributed by atoms with Crippen LogP contribution < -0.4 is 5.32 Å². The zero-order chi connectivity index (χ0) is 14.3. The van der Waals surface area contributed by atoms with E-state index in [0.717, 1.165) is 23.1 Å². The van der Waals surface area contributed by atoms with Crippen LogP contribution in [0.3, 0.4) is 0 Å². The van der Waals surface area contributed by atoms with Crippen molar-refractivity contribution in [3.05, 3.63) is 16.4 Å². The molecule has 0 aliphatic heterocycles. The predicted molar refractivity (Wildman–Crippen MR) is 79.3 cm³/mol. The summed E-state index contributed by atoms with van der Waals surface area (Å²) in [6.07, 6.45) is 2.90. The molecule has 1 aromatic rings. The van der Waals surface area contributed by atoms with Gasteiger partial charge in [0.2, 0.25) is 0 Å². The van der Waals surface area contributed by atoms with Crippen LogP contribution in [0.25, 0.3) is 0 Å². The summed E-state index contributed by atoms with van der Waals surface area (Å²) in [5, 5.41) is 7.73. The Morgan fingerprint density at radius 3 is 2.74 bits per heavy atom. The molecule has 0 saturated heterocycles. The summed E-state index contributed by atoms with van der Waals surface area (Å²) in [7, 11) is 3.65. The van der Waals surface area contributed by atoms with Gasteiger partial charge in [0.05, 0.1) is 41.7 Å². The summed E-state index contributed by atoms with van der Waals surface area (Å²) in [6, 6.07) is 0.110. The number of hydrogen-bond donors (Lipinski definition) is 1. The van der Waals surface area contributed by atoms with E-state index in [1.807, 2.05) is 24.9 Å². The minimum absolute atomic E-state index is 0.110. The number of ether oxygens (including phenoxy) is 2. The van der Waals surface area contributed by atoms with Gasteiger partial charge in [0, 0.05) is 13.7 Å². The molecule has 0 spiro atoms. The lowest BCUT2D eigenvalue weighted by Crippen LogP contribution is -2.33. The predicted octanol–water partition coefficient (Wildman–Crippen LogP) is 2.37. The Hall–Kier alpha value is -0.430. The molecule has 0 fully saturated rings. The second-order valence-electron chi connectivity index (χ2n) is 4.26. The van der Waals surface area contributed by atoms with Gasteiger partial charge in [-0.15, -0.1) is 0 Å². The van der Waals surface area contributed by atoms with Crippen molar-refractivity contribution in [1.29, 1.82) is 0 Å². The molecule has 1 N–H and O–H groups in total. The number of methoxy groups -OCH3 is 1. The number of nitrogens with zero attached hydrogens (tertiary/aromatic N) is 2. The Bertz CT molecular complexity index is 371. The lowest BCUT2D eigenvalue weighted by atomic mass is 10.1. The van der Waals surface area contributed by atoms with Gasteiger partial charge in [-0.1, -0.05) is 6.92 Å². The number of hydrogen-bond acceptors (Lipinski definition) is 4. The van der Waals surface area contributed by atoms with Crippen molar-refractivity contribution < 1.29 is 9.47 Å². The zero-order valence-electron chi connectivity index (χ0n) is 12.1. The third kappa shape index (κ3) is 4.27. The topological polar surface area (TPSA) is 48.3 Å². The van der Waals surface area contributed by atoms with Crippen LogP contribution in [-0.2, 0) is 16.0 Å². The van der Waals surface area contributed by atoms with Crippen molar-refractivity contribution in [2.45, 2.75) is 39.0 Å². The molecule has 0 aliphatic carbocycles. The first-order valence-electron chi connectivity index (χ1n) is 6.68. The van der Waals surface area contributed by atoms with Gasteiger partial charge >= 0.3 is 0 Å². The van der Waals surface area contributed by atoms with Crippen LogP contribution >= 0.6 is 15.9 Å². The monoisotopic (exact) mass is 333 g/mol. The molecule has 1 rings (SSSR count). The van der Waals surface area contributed by atoms with Gasteiger partial charge in [-0.25, -0.2) is 0 Å². The Kier molecular flexibility index (Phi) is 7.60. The molecular weight excluding hydrogens is 310 g/mol. The highest BCUT2D eigenvalue weighted by Crippen LogP contribution is 2.28. The first kappa shape index (κ1) is 16.6. The highest BCUT2D eigenvalue weighted by molar-refractivity contribution is 9.10. The maximum absolute atomic E-state index is 5.83. The van der Waals surface area contributed by atoms with Crippen LogP contribution in [0, 0.1) is 0 Å². The van der Waals surface area contributed by atoms with Gasteiger partial charge in [-0.05, 0) is 36.3 Å². The molecule has 2 unspecified atom stereocenters. The first-order valence-corrected chi connectivity index (χ1v) is 7.47. The highest BCUT2D eigenvalue weighted by atomic mass is 79.9. The van der Waals surface area contributed by atoms with Gasteiger partial charge in [-0.3, -0.25) is 4.68 Å². The maximum Gasteiger partial charge on any atom is 0.0782 e. The minimum Gasteiger partial charge on any atom is -0.383 e. The summed E-state index contributed by atoms with van der Waals surface area (Å²) in [6.45, 7) is 6.24. The third-order valence-electron chi connectivity index (χ3n) is 3.10. The summed E-state index contributed by atoms with van der Waals surface area (Å²) >= 11 is 3.58. The second kappa shape index (κ2) is 8.68. The minimum atomic E-state index is 0.110. The fourth-order valence-electron chi connectivity index (χ4n) is 2.20. The van der Waals surface area contributed by atoms with Gasteiger partial charge in [0.15, 0.2) is 0 Å². The average molecular weight is 334 g/mol. The highest BCUT2D eigenvalue weighted by Gasteiger charge is 2.26. The molecule has 5 nitrogen and oxygen atoms in total. The van der Waals surface area contributed by atoms with E-state index in [1.54, 1.807) is 7.11 Å². The molecule has 2 atom stereocenters. The largest absolute Gasteiger partial charge is 0.383 e. The normalized spacial score (nSPS) is 14.6. The Labute approximate surface area is 123 Å². The number of likely N-dealkylation sites (N-methyl/N-ethyl adjacent to an activating group) is 1. The summed E-state index contributed by atoms with van der Waals surface area (Å²) in [4.78, 5) is 0. The summed E-state index contributed by atoms with van der Waals surface area (Å²) in [5.41, 5.74) is 1.11. The van der Waals surface area contributed by atoms with Crippen LogP contribution in [0.15, 0.2) is 10.7 Å². The van der Waals surface area contributed by atoms with E-state index >= 15 is 0 Å². The van der Waals surface area contributed by atoms with Gasteiger partial charge in [-0.2, -0.15) is 5.10 Å². The van der Waals surface area contributed by atoms with E-state index in [9.17, 15) is 0 Å². The van der Waals surface area contributed by atoms with Gasteiger partial charge < -0.3 is 14.8 Å². The fraction of sp³-hybridized carbons (Fsp3) is 0.769. The summed E-state index contributed by atoms with van der Waals surface area (Å²) < 4.78 is 13.9. The van der Waals surface area contributed by atoms with Crippen LogP contribution in [0.4, 0.5) is 0 Å². The molecule has 0 radical (unpaired) electrons. The third-order valence-corrected chi connectivity index (χ3v) is 3.71. The molecule has 19 heavy (non-hydrogen) atoms. The molecule has 0 aromatic carbocycles. The van der Waals surface area contributed by atoms with Gasteiger partial charge in [0.25, 0.3) is 0 Å². The van der Waals surface area contributed by atoms with Crippen molar-refractivity contribution in [2.75, 3.05) is 27.4 Å². The smallest absolute Gasteiger partial charge is 0.0782 e. The van der Waals surface area contributed by atoms with E-state index in [2.05, 4.69) is 33.3 Å². The number of nitrogens with one attached hydrogen (secondary N) is 1. The average Bonchev–Trinajstić information content (AvgIpc) is 2.78. The quantitative estimate of drug-likeness (QED) is 0.753. The lowest BCUT2D eigenvalue weighted by molar-refractivity contribution is 0.0306. The molecule has 110 valence electrons. The van der Waals surface area contributed by atoms with Crippen LogP contribution in [0.2, 0.25) is 0 Å².